The van der Waals surface area contributed by atoms with Gasteiger partial charge in [-0.2, -0.15) is 4.31 Å². The smallest absolute Gasteiger partial charge is 0.252 e. The fraction of sp³-hybridized carbons (Fsp3) is 0.706. The molecule has 3 N–H and O–H groups in total. The Hall–Kier alpha value is -0.670. The Morgan fingerprint density at radius 3 is 2.77 bits per heavy atom. The monoisotopic (exact) mass is 423 g/mol. The summed E-state index contributed by atoms with van der Waals surface area (Å²) in [5.74, 6) is -0.380. The number of nitrogens with one attached hydrogen (secondary N) is 1. The van der Waals surface area contributed by atoms with Crippen molar-refractivity contribution in [2.45, 2.75) is 56.2 Å². The maximum Gasteiger partial charge on any atom is 0.252 e. The highest BCUT2D eigenvalue weighted by Crippen LogP contribution is 2.28. The molecular formula is C17H30ClN3O3S2. The zero-order chi connectivity index (χ0) is 18.4. The van der Waals surface area contributed by atoms with Crippen molar-refractivity contribution in [2.75, 3.05) is 19.6 Å². The van der Waals surface area contributed by atoms with Crippen LogP contribution >= 0.6 is 23.7 Å². The third kappa shape index (κ3) is 5.92. The average Bonchev–Trinajstić information content (AvgIpc) is 3.05. The Labute approximate surface area is 167 Å². The van der Waals surface area contributed by atoms with Gasteiger partial charge in [-0.15, -0.1) is 23.7 Å². The number of aryl methyl sites for hydroxylation is 1. The standard InChI is InChI=1S/C17H29N3O3S2.ClH/c1-3-4-7-15(11-18)19-17(21)14-6-5-10-20(12-14)25(22,23)16-9-8-13(2)24-16;/h8-9,14-15H,3-7,10-12,18H2,1-2H3,(H,19,21);1H. The molecule has 0 bridgehead atoms. The van der Waals surface area contributed by atoms with Crippen LogP contribution in [0.4, 0.5) is 0 Å². The Bertz CT molecular complexity index is 679. The van der Waals surface area contributed by atoms with Gasteiger partial charge in [0.2, 0.25) is 5.91 Å². The number of amides is 1. The first-order valence-corrected chi connectivity index (χ1v) is 11.2. The van der Waals surface area contributed by atoms with Gasteiger partial charge in [0, 0.05) is 30.6 Å². The molecule has 1 aliphatic rings. The van der Waals surface area contributed by atoms with Crippen molar-refractivity contribution in [3.05, 3.63) is 17.0 Å². The van der Waals surface area contributed by atoms with Crippen LogP contribution in [-0.2, 0) is 14.8 Å². The Morgan fingerprint density at radius 1 is 1.46 bits per heavy atom. The van der Waals surface area contributed by atoms with Crippen LogP contribution in [0, 0.1) is 12.8 Å². The van der Waals surface area contributed by atoms with E-state index in [1.54, 1.807) is 6.07 Å². The Morgan fingerprint density at radius 2 is 2.19 bits per heavy atom. The quantitative estimate of drug-likeness (QED) is 0.671. The van der Waals surface area contributed by atoms with Gasteiger partial charge >= 0.3 is 0 Å². The second-order valence-corrected chi connectivity index (χ2v) is 10.1. The number of unbranched alkanes of at least 4 members (excludes halogenated alkanes) is 1. The third-order valence-corrected chi connectivity index (χ3v) is 7.94. The molecule has 0 saturated carbocycles. The van der Waals surface area contributed by atoms with Crippen LogP contribution in [0.3, 0.4) is 0 Å². The summed E-state index contributed by atoms with van der Waals surface area (Å²) in [5.41, 5.74) is 5.75. The van der Waals surface area contributed by atoms with Crippen molar-refractivity contribution < 1.29 is 13.2 Å². The summed E-state index contributed by atoms with van der Waals surface area (Å²) in [6.07, 6.45) is 4.35. The number of hydrogen-bond acceptors (Lipinski definition) is 5. The summed E-state index contributed by atoms with van der Waals surface area (Å²) < 4.78 is 27.4. The SMILES string of the molecule is CCCCC(CN)NC(=O)C1CCCN(S(=O)(=O)c2ccc(C)s2)C1.Cl. The van der Waals surface area contributed by atoms with Gasteiger partial charge in [-0.25, -0.2) is 8.42 Å². The molecule has 1 aromatic heterocycles. The minimum atomic E-state index is -3.51. The Kier molecular flexibility index (Phi) is 9.54. The molecular weight excluding hydrogens is 394 g/mol. The van der Waals surface area contributed by atoms with Crippen LogP contribution < -0.4 is 11.1 Å². The summed E-state index contributed by atoms with van der Waals surface area (Å²) in [7, 11) is -3.51. The van der Waals surface area contributed by atoms with Crippen molar-refractivity contribution >= 4 is 39.7 Å². The molecule has 1 saturated heterocycles. The fourth-order valence-corrected chi connectivity index (χ4v) is 6.03. The molecule has 150 valence electrons. The summed E-state index contributed by atoms with van der Waals surface area (Å²) in [4.78, 5) is 13.5. The van der Waals surface area contributed by atoms with Crippen LogP contribution in [0.5, 0.6) is 0 Å². The first-order chi connectivity index (χ1) is 11.9. The van der Waals surface area contributed by atoms with E-state index >= 15 is 0 Å². The van der Waals surface area contributed by atoms with Crippen LogP contribution in [-0.4, -0.2) is 44.3 Å². The Balaban J connectivity index is 0.00000338. The molecule has 1 fully saturated rings. The highest BCUT2D eigenvalue weighted by atomic mass is 35.5. The zero-order valence-corrected chi connectivity index (χ0v) is 17.9. The normalized spacial score (nSPS) is 19.6. The van der Waals surface area contributed by atoms with Gasteiger partial charge in [-0.3, -0.25) is 4.79 Å². The molecule has 1 aliphatic heterocycles. The van der Waals surface area contributed by atoms with E-state index in [0.717, 1.165) is 24.1 Å². The lowest BCUT2D eigenvalue weighted by Gasteiger charge is -2.31. The maximum absolute atomic E-state index is 12.8. The van der Waals surface area contributed by atoms with Crippen LogP contribution in [0.15, 0.2) is 16.3 Å². The van der Waals surface area contributed by atoms with E-state index in [4.69, 9.17) is 5.73 Å². The van der Waals surface area contributed by atoms with Crippen molar-refractivity contribution in [2.24, 2.45) is 11.7 Å². The van der Waals surface area contributed by atoms with Gasteiger partial charge in [-0.05, 0) is 38.3 Å². The molecule has 2 atom stereocenters. The predicted molar refractivity (Wildman–Crippen MR) is 108 cm³/mol. The molecule has 1 aromatic rings. The van der Waals surface area contributed by atoms with Crippen LogP contribution in [0.1, 0.15) is 43.9 Å². The molecule has 2 heterocycles. The molecule has 0 spiro atoms. The number of halogens is 1. The second kappa shape index (κ2) is 10.6. The predicted octanol–water partition coefficient (Wildman–Crippen LogP) is 2.51. The van der Waals surface area contributed by atoms with E-state index < -0.39 is 10.0 Å². The van der Waals surface area contributed by atoms with Crippen molar-refractivity contribution in [1.82, 2.24) is 9.62 Å². The van der Waals surface area contributed by atoms with E-state index in [0.29, 0.717) is 30.1 Å². The van der Waals surface area contributed by atoms with Gasteiger partial charge in [0.05, 0.1) is 5.92 Å². The van der Waals surface area contributed by atoms with E-state index in [1.807, 2.05) is 13.0 Å². The molecule has 9 heteroatoms. The van der Waals surface area contributed by atoms with Gasteiger partial charge < -0.3 is 11.1 Å². The summed E-state index contributed by atoms with van der Waals surface area (Å²) >= 11 is 1.27. The summed E-state index contributed by atoms with van der Waals surface area (Å²) in [6.45, 7) is 5.12. The lowest BCUT2D eigenvalue weighted by molar-refractivity contribution is -0.126. The van der Waals surface area contributed by atoms with Crippen molar-refractivity contribution in [3.8, 4) is 0 Å². The molecule has 0 aliphatic carbocycles. The van der Waals surface area contributed by atoms with Gasteiger partial charge in [-0.1, -0.05) is 19.8 Å². The molecule has 0 radical (unpaired) electrons. The summed E-state index contributed by atoms with van der Waals surface area (Å²) in [6, 6.07) is 3.43. The number of carbonyl (C=O) groups is 1. The molecule has 0 aromatic carbocycles. The van der Waals surface area contributed by atoms with E-state index in [1.165, 1.54) is 15.6 Å². The number of rotatable bonds is 8. The highest BCUT2D eigenvalue weighted by Gasteiger charge is 2.34. The number of carbonyl (C=O) groups excluding carboxylic acids is 1. The molecule has 2 unspecified atom stereocenters. The van der Waals surface area contributed by atoms with Gasteiger partial charge in [0.15, 0.2) is 0 Å². The minimum absolute atomic E-state index is 0. The maximum atomic E-state index is 12.8. The molecule has 26 heavy (non-hydrogen) atoms. The van der Waals surface area contributed by atoms with Crippen molar-refractivity contribution in [1.29, 1.82) is 0 Å². The number of nitrogens with two attached hydrogens (primary N) is 1. The first-order valence-electron chi connectivity index (χ1n) is 8.95. The van der Waals surface area contributed by atoms with Crippen LogP contribution in [0.25, 0.3) is 0 Å². The lowest BCUT2D eigenvalue weighted by Crippen LogP contribution is -2.49. The summed E-state index contributed by atoms with van der Waals surface area (Å²) in [5, 5.41) is 3.00. The van der Waals surface area contributed by atoms with Gasteiger partial charge in [0.1, 0.15) is 4.21 Å². The molecule has 6 nitrogen and oxygen atoms in total. The number of piperidine rings is 1. The molecule has 2 rings (SSSR count). The largest absolute Gasteiger partial charge is 0.352 e. The van der Waals surface area contributed by atoms with Gasteiger partial charge in [0.25, 0.3) is 10.0 Å². The number of thiophene rings is 1. The van der Waals surface area contributed by atoms with Crippen LogP contribution in [0.2, 0.25) is 0 Å². The molecule has 1 amide bonds. The first kappa shape index (κ1) is 23.4. The lowest BCUT2D eigenvalue weighted by atomic mass is 9.98. The number of nitrogens with zero attached hydrogens (tertiary/aromatic N) is 1. The average molecular weight is 424 g/mol. The van der Waals surface area contributed by atoms with Crippen molar-refractivity contribution in [3.63, 3.8) is 0 Å². The zero-order valence-electron chi connectivity index (χ0n) is 15.4. The topological polar surface area (TPSA) is 92.5 Å². The van der Waals surface area contributed by atoms with E-state index in [-0.39, 0.29) is 36.8 Å². The second-order valence-electron chi connectivity index (χ2n) is 6.65. The number of hydrogen-bond donors (Lipinski definition) is 2. The highest BCUT2D eigenvalue weighted by molar-refractivity contribution is 7.91. The van der Waals surface area contributed by atoms with E-state index in [2.05, 4.69) is 12.2 Å². The minimum Gasteiger partial charge on any atom is -0.352 e. The van der Waals surface area contributed by atoms with E-state index in [9.17, 15) is 13.2 Å². The third-order valence-electron chi connectivity index (χ3n) is 4.60. The fourth-order valence-electron chi connectivity index (χ4n) is 3.07. The number of sulfonamides is 1.